The van der Waals surface area contributed by atoms with Gasteiger partial charge in [-0.3, -0.25) is 4.90 Å². The number of ether oxygens (including phenoxy) is 2. The lowest BCUT2D eigenvalue weighted by atomic mass is 10.1. The van der Waals surface area contributed by atoms with E-state index in [2.05, 4.69) is 0 Å². The standard InChI is InChI=1S/C14H19NO4/c1-11-13(9-16)15(7-8-18-11)14(17)19-10-12-5-3-2-4-6-12/h2-6,11,13,16H,7-10H2,1H3/t11-,13-/m1/s1. The van der Waals surface area contributed by atoms with E-state index in [1.165, 1.54) is 4.90 Å². The third-order valence-electron chi connectivity index (χ3n) is 3.28. The topological polar surface area (TPSA) is 59.0 Å². The Hall–Kier alpha value is -1.59. The van der Waals surface area contributed by atoms with Gasteiger partial charge in [0, 0.05) is 6.54 Å². The highest BCUT2D eigenvalue weighted by Crippen LogP contribution is 2.15. The number of hydrogen-bond donors (Lipinski definition) is 1. The molecule has 1 amide bonds. The summed E-state index contributed by atoms with van der Waals surface area (Å²) in [6, 6.07) is 9.18. The van der Waals surface area contributed by atoms with Crippen molar-refractivity contribution in [2.24, 2.45) is 0 Å². The molecule has 0 bridgehead atoms. The molecule has 1 aliphatic rings. The highest BCUT2D eigenvalue weighted by molar-refractivity contribution is 5.68. The van der Waals surface area contributed by atoms with Gasteiger partial charge in [0.05, 0.1) is 25.4 Å². The average Bonchev–Trinajstić information content (AvgIpc) is 2.45. The fourth-order valence-corrected chi connectivity index (χ4v) is 2.14. The van der Waals surface area contributed by atoms with E-state index in [1.54, 1.807) is 0 Å². The van der Waals surface area contributed by atoms with E-state index in [0.29, 0.717) is 13.2 Å². The molecule has 0 spiro atoms. The van der Waals surface area contributed by atoms with E-state index in [1.807, 2.05) is 37.3 Å². The second kappa shape index (κ2) is 6.54. The number of amides is 1. The third-order valence-corrected chi connectivity index (χ3v) is 3.28. The zero-order valence-electron chi connectivity index (χ0n) is 11.0. The van der Waals surface area contributed by atoms with Gasteiger partial charge in [0.2, 0.25) is 0 Å². The molecule has 19 heavy (non-hydrogen) atoms. The molecule has 104 valence electrons. The van der Waals surface area contributed by atoms with E-state index in [4.69, 9.17) is 9.47 Å². The highest BCUT2D eigenvalue weighted by Gasteiger charge is 2.33. The number of morpholine rings is 1. The molecule has 1 fully saturated rings. The maximum atomic E-state index is 12.0. The fourth-order valence-electron chi connectivity index (χ4n) is 2.14. The normalized spacial score (nSPS) is 23.2. The Morgan fingerprint density at radius 1 is 1.47 bits per heavy atom. The predicted molar refractivity (Wildman–Crippen MR) is 69.6 cm³/mol. The Morgan fingerprint density at radius 3 is 2.89 bits per heavy atom. The number of benzene rings is 1. The van der Waals surface area contributed by atoms with Gasteiger partial charge in [0.1, 0.15) is 6.61 Å². The van der Waals surface area contributed by atoms with Gasteiger partial charge < -0.3 is 14.6 Å². The minimum Gasteiger partial charge on any atom is -0.445 e. The Morgan fingerprint density at radius 2 is 2.21 bits per heavy atom. The van der Waals surface area contributed by atoms with Crippen LogP contribution in [0.4, 0.5) is 4.79 Å². The smallest absolute Gasteiger partial charge is 0.410 e. The summed E-state index contributed by atoms with van der Waals surface area (Å²) in [6.45, 7) is 2.88. The van der Waals surface area contributed by atoms with Crippen LogP contribution in [-0.4, -0.2) is 48.0 Å². The summed E-state index contributed by atoms with van der Waals surface area (Å²) in [4.78, 5) is 13.6. The summed E-state index contributed by atoms with van der Waals surface area (Å²) in [5, 5.41) is 9.34. The molecule has 2 rings (SSSR count). The van der Waals surface area contributed by atoms with Gasteiger partial charge in [-0.25, -0.2) is 4.79 Å². The molecule has 0 saturated carbocycles. The van der Waals surface area contributed by atoms with Gasteiger partial charge >= 0.3 is 6.09 Å². The number of hydrogen-bond acceptors (Lipinski definition) is 4. The molecule has 1 aromatic rings. The number of carbonyl (C=O) groups is 1. The van der Waals surface area contributed by atoms with Crippen LogP contribution in [0.1, 0.15) is 12.5 Å². The molecule has 0 aliphatic carbocycles. The highest BCUT2D eigenvalue weighted by atomic mass is 16.6. The van der Waals surface area contributed by atoms with Crippen molar-refractivity contribution in [2.45, 2.75) is 25.7 Å². The van der Waals surface area contributed by atoms with Gasteiger partial charge in [-0.05, 0) is 12.5 Å². The Bertz CT molecular complexity index is 409. The molecule has 1 heterocycles. The van der Waals surface area contributed by atoms with Gasteiger partial charge in [0.15, 0.2) is 0 Å². The number of rotatable bonds is 3. The number of carbonyl (C=O) groups excluding carboxylic acids is 1. The van der Waals surface area contributed by atoms with Crippen molar-refractivity contribution in [3.8, 4) is 0 Å². The number of nitrogens with zero attached hydrogens (tertiary/aromatic N) is 1. The summed E-state index contributed by atoms with van der Waals surface area (Å²) in [5.74, 6) is 0. The van der Waals surface area contributed by atoms with Crippen LogP contribution >= 0.6 is 0 Å². The van der Waals surface area contributed by atoms with Gasteiger partial charge in [0.25, 0.3) is 0 Å². The van der Waals surface area contributed by atoms with Crippen LogP contribution in [-0.2, 0) is 16.1 Å². The number of aliphatic hydroxyl groups excluding tert-OH is 1. The Labute approximate surface area is 112 Å². The minimum atomic E-state index is -0.405. The lowest BCUT2D eigenvalue weighted by Gasteiger charge is -2.37. The summed E-state index contributed by atoms with van der Waals surface area (Å²) < 4.78 is 10.7. The maximum absolute atomic E-state index is 12.0. The van der Waals surface area contributed by atoms with Crippen LogP contribution in [0.25, 0.3) is 0 Å². The molecule has 1 aliphatic heterocycles. The average molecular weight is 265 g/mol. The van der Waals surface area contributed by atoms with Crippen LogP contribution in [0.15, 0.2) is 30.3 Å². The van der Waals surface area contributed by atoms with E-state index in [9.17, 15) is 9.90 Å². The zero-order valence-corrected chi connectivity index (χ0v) is 11.0. The van der Waals surface area contributed by atoms with Crippen molar-refractivity contribution < 1.29 is 19.4 Å². The molecule has 5 nitrogen and oxygen atoms in total. The molecule has 2 atom stereocenters. The monoisotopic (exact) mass is 265 g/mol. The van der Waals surface area contributed by atoms with E-state index in [-0.39, 0.29) is 25.4 Å². The van der Waals surface area contributed by atoms with Crippen LogP contribution in [0.3, 0.4) is 0 Å². The number of aliphatic hydroxyl groups is 1. The van der Waals surface area contributed by atoms with Crippen molar-refractivity contribution >= 4 is 6.09 Å². The summed E-state index contributed by atoms with van der Waals surface area (Å²) in [6.07, 6.45) is -0.582. The molecule has 1 aromatic carbocycles. The zero-order chi connectivity index (χ0) is 13.7. The molecule has 1 N–H and O–H groups in total. The summed E-state index contributed by atoms with van der Waals surface area (Å²) in [5.41, 5.74) is 0.942. The Balaban J connectivity index is 1.91. The molecule has 5 heteroatoms. The SMILES string of the molecule is C[C@H]1OCCN(C(=O)OCc2ccccc2)[C@@H]1CO. The van der Waals surface area contributed by atoms with Gasteiger partial charge in [-0.1, -0.05) is 30.3 Å². The van der Waals surface area contributed by atoms with Crippen LogP contribution in [0.5, 0.6) is 0 Å². The maximum Gasteiger partial charge on any atom is 0.410 e. The summed E-state index contributed by atoms with van der Waals surface area (Å²) in [7, 11) is 0. The Kier molecular flexibility index (Phi) is 4.76. The first-order chi connectivity index (χ1) is 9.22. The molecular weight excluding hydrogens is 246 g/mol. The van der Waals surface area contributed by atoms with Crippen molar-refractivity contribution in [1.29, 1.82) is 0 Å². The quantitative estimate of drug-likeness (QED) is 0.897. The lowest BCUT2D eigenvalue weighted by molar-refractivity contribution is -0.0718. The molecule has 0 unspecified atom stereocenters. The first-order valence-corrected chi connectivity index (χ1v) is 6.42. The third kappa shape index (κ3) is 3.45. The van der Waals surface area contributed by atoms with Crippen molar-refractivity contribution in [1.82, 2.24) is 4.90 Å². The minimum absolute atomic E-state index is 0.123. The van der Waals surface area contributed by atoms with Crippen LogP contribution in [0.2, 0.25) is 0 Å². The van der Waals surface area contributed by atoms with Crippen LogP contribution < -0.4 is 0 Å². The van der Waals surface area contributed by atoms with E-state index >= 15 is 0 Å². The van der Waals surface area contributed by atoms with Gasteiger partial charge in [-0.2, -0.15) is 0 Å². The second-order valence-electron chi connectivity index (χ2n) is 4.56. The first kappa shape index (κ1) is 13.8. The van der Waals surface area contributed by atoms with Gasteiger partial charge in [-0.15, -0.1) is 0 Å². The molecule has 1 saturated heterocycles. The fraction of sp³-hybridized carbons (Fsp3) is 0.500. The van der Waals surface area contributed by atoms with E-state index in [0.717, 1.165) is 5.56 Å². The van der Waals surface area contributed by atoms with Crippen molar-refractivity contribution in [3.05, 3.63) is 35.9 Å². The lowest BCUT2D eigenvalue weighted by Crippen LogP contribution is -2.54. The van der Waals surface area contributed by atoms with Crippen molar-refractivity contribution in [2.75, 3.05) is 19.8 Å². The second-order valence-corrected chi connectivity index (χ2v) is 4.56. The molecule has 0 aromatic heterocycles. The molecular formula is C14H19NO4. The van der Waals surface area contributed by atoms with Crippen LogP contribution in [0, 0.1) is 0 Å². The molecule has 0 radical (unpaired) electrons. The first-order valence-electron chi connectivity index (χ1n) is 6.42. The predicted octanol–water partition coefficient (Wildman–Crippen LogP) is 1.40. The largest absolute Gasteiger partial charge is 0.445 e. The van der Waals surface area contributed by atoms with E-state index < -0.39 is 6.09 Å². The summed E-state index contributed by atoms with van der Waals surface area (Å²) >= 11 is 0. The van der Waals surface area contributed by atoms with Crippen molar-refractivity contribution in [3.63, 3.8) is 0 Å².